The fraction of sp³-hybridized carbons (Fsp3) is 0. The zero-order valence-corrected chi connectivity index (χ0v) is 11.0. The van der Waals surface area contributed by atoms with Crippen molar-refractivity contribution in [2.24, 2.45) is 10.8 Å². The van der Waals surface area contributed by atoms with Crippen LogP contribution in [0.1, 0.15) is 0 Å². The molecule has 0 saturated heterocycles. The minimum absolute atomic E-state index is 0.412. The van der Waals surface area contributed by atoms with Gasteiger partial charge in [-0.3, -0.25) is 10.2 Å². The second kappa shape index (κ2) is 6.73. The molecule has 6 nitrogen and oxygen atoms in total. The zero-order valence-electron chi connectivity index (χ0n) is 11.0. The van der Waals surface area contributed by atoms with Gasteiger partial charge in [0.15, 0.2) is 5.75 Å². The number of hydrogen-bond donors (Lipinski definition) is 2. The summed E-state index contributed by atoms with van der Waals surface area (Å²) in [6.07, 6.45) is 0. The van der Waals surface area contributed by atoms with Crippen LogP contribution in [0, 0.1) is 11.3 Å². The van der Waals surface area contributed by atoms with E-state index < -0.39 is 11.6 Å². The highest BCUT2D eigenvalue weighted by atomic mass is 16.5. The number of hydrazone groups is 1. The fourth-order valence-corrected chi connectivity index (χ4v) is 1.51. The maximum Gasteiger partial charge on any atom is 0.280 e. The number of nitrogens with zero attached hydrogens (tertiary/aromatic N) is 2. The number of para-hydroxylation sites is 3. The third-order valence-electron chi connectivity index (χ3n) is 2.49. The lowest BCUT2D eigenvalue weighted by molar-refractivity contribution is -0.111. The molecule has 0 bridgehead atoms. The Morgan fingerprint density at radius 2 is 1.81 bits per heavy atom. The molecule has 0 radical (unpaired) electrons. The molecule has 2 aromatic carbocycles. The minimum atomic E-state index is -0.897. The number of carbonyl (C=O) groups excluding carboxylic acids is 1. The molecule has 0 fully saturated rings. The summed E-state index contributed by atoms with van der Waals surface area (Å²) in [5.41, 5.74) is 7.71. The van der Waals surface area contributed by atoms with Gasteiger partial charge in [0.05, 0.1) is 5.69 Å². The number of hydrogen-bond acceptors (Lipinski definition) is 5. The van der Waals surface area contributed by atoms with Crippen molar-refractivity contribution < 1.29 is 9.53 Å². The standard InChI is InChI=1S/C15H12N4O2/c16-10-13(15(17)20)19-18-12-8-4-5-9-14(12)21-11-6-2-1-3-7-11/h1-9,18H,(H2,17,20)/b19-13+. The zero-order chi connectivity index (χ0) is 15.1. The van der Waals surface area contributed by atoms with Gasteiger partial charge in [0.1, 0.15) is 11.8 Å². The van der Waals surface area contributed by atoms with Crippen LogP contribution in [0.5, 0.6) is 11.5 Å². The van der Waals surface area contributed by atoms with Crippen LogP contribution in [0.2, 0.25) is 0 Å². The Kier molecular flexibility index (Phi) is 4.51. The Morgan fingerprint density at radius 1 is 1.14 bits per heavy atom. The van der Waals surface area contributed by atoms with E-state index in [-0.39, 0.29) is 0 Å². The Hall–Kier alpha value is -3.33. The number of carbonyl (C=O) groups is 1. The summed E-state index contributed by atoms with van der Waals surface area (Å²) in [7, 11) is 0. The highest BCUT2D eigenvalue weighted by Gasteiger charge is 2.07. The predicted molar refractivity (Wildman–Crippen MR) is 78.8 cm³/mol. The summed E-state index contributed by atoms with van der Waals surface area (Å²) in [5.74, 6) is 0.270. The largest absolute Gasteiger partial charge is 0.455 e. The van der Waals surface area contributed by atoms with Gasteiger partial charge in [-0.05, 0) is 24.3 Å². The molecule has 21 heavy (non-hydrogen) atoms. The second-order valence-electron chi connectivity index (χ2n) is 3.96. The number of anilines is 1. The Bertz CT molecular complexity index is 705. The number of nitriles is 1. The van der Waals surface area contributed by atoms with Gasteiger partial charge < -0.3 is 10.5 Å². The molecule has 0 aliphatic rings. The minimum Gasteiger partial charge on any atom is -0.455 e. The lowest BCUT2D eigenvalue weighted by Gasteiger charge is -2.10. The average Bonchev–Trinajstić information content (AvgIpc) is 2.50. The van der Waals surface area contributed by atoms with Crippen molar-refractivity contribution in [2.75, 3.05) is 5.43 Å². The molecule has 0 aliphatic heterocycles. The molecular formula is C15H12N4O2. The molecule has 0 aliphatic carbocycles. The molecule has 0 spiro atoms. The van der Waals surface area contributed by atoms with Gasteiger partial charge in [-0.25, -0.2) is 0 Å². The average molecular weight is 280 g/mol. The van der Waals surface area contributed by atoms with E-state index in [9.17, 15) is 4.79 Å². The van der Waals surface area contributed by atoms with Crippen molar-refractivity contribution in [2.45, 2.75) is 0 Å². The lowest BCUT2D eigenvalue weighted by atomic mass is 10.3. The molecule has 0 heterocycles. The highest BCUT2D eigenvalue weighted by Crippen LogP contribution is 2.28. The molecule has 1 amide bonds. The van der Waals surface area contributed by atoms with Crippen molar-refractivity contribution in [3.05, 3.63) is 54.6 Å². The first-order valence-corrected chi connectivity index (χ1v) is 6.06. The number of ether oxygens (including phenoxy) is 1. The fourth-order valence-electron chi connectivity index (χ4n) is 1.51. The van der Waals surface area contributed by atoms with Crippen LogP contribution < -0.4 is 15.9 Å². The molecule has 3 N–H and O–H groups in total. The van der Waals surface area contributed by atoms with Gasteiger partial charge in [0.2, 0.25) is 5.71 Å². The number of amides is 1. The van der Waals surface area contributed by atoms with Crippen molar-refractivity contribution in [1.29, 1.82) is 5.26 Å². The monoisotopic (exact) mass is 280 g/mol. The second-order valence-corrected chi connectivity index (χ2v) is 3.96. The van der Waals surface area contributed by atoms with E-state index >= 15 is 0 Å². The molecule has 0 aromatic heterocycles. The third kappa shape index (κ3) is 3.81. The summed E-state index contributed by atoms with van der Waals surface area (Å²) >= 11 is 0. The van der Waals surface area contributed by atoms with E-state index in [1.807, 2.05) is 30.3 Å². The van der Waals surface area contributed by atoms with E-state index in [2.05, 4.69) is 10.5 Å². The van der Waals surface area contributed by atoms with Gasteiger partial charge in [-0.15, -0.1) is 0 Å². The number of nitrogens with one attached hydrogen (secondary N) is 1. The van der Waals surface area contributed by atoms with E-state index in [4.69, 9.17) is 15.7 Å². The smallest absolute Gasteiger partial charge is 0.280 e. The van der Waals surface area contributed by atoms with Crippen LogP contribution in [0.4, 0.5) is 5.69 Å². The van der Waals surface area contributed by atoms with Gasteiger partial charge in [-0.2, -0.15) is 10.4 Å². The summed E-state index contributed by atoms with van der Waals surface area (Å²) in [6, 6.07) is 17.8. The van der Waals surface area contributed by atoms with Gasteiger partial charge in [0.25, 0.3) is 5.91 Å². The van der Waals surface area contributed by atoms with Crippen LogP contribution in [0.15, 0.2) is 59.7 Å². The maximum absolute atomic E-state index is 10.9. The molecule has 2 aromatic rings. The van der Waals surface area contributed by atoms with E-state index in [0.29, 0.717) is 17.2 Å². The maximum atomic E-state index is 10.9. The van der Waals surface area contributed by atoms with Crippen LogP contribution in [0.25, 0.3) is 0 Å². The van der Waals surface area contributed by atoms with Crippen LogP contribution >= 0.6 is 0 Å². The molecule has 0 unspecified atom stereocenters. The normalized spacial score (nSPS) is 10.5. The van der Waals surface area contributed by atoms with Gasteiger partial charge >= 0.3 is 0 Å². The van der Waals surface area contributed by atoms with Crippen molar-refractivity contribution in [1.82, 2.24) is 0 Å². The molecule has 6 heteroatoms. The van der Waals surface area contributed by atoms with E-state index in [1.165, 1.54) is 0 Å². The SMILES string of the molecule is N#C/C(=N\Nc1ccccc1Oc1ccccc1)C(N)=O. The predicted octanol–water partition coefficient (Wildman–Crippen LogP) is 2.26. The quantitative estimate of drug-likeness (QED) is 0.648. The number of primary amides is 1. The van der Waals surface area contributed by atoms with Gasteiger partial charge in [0, 0.05) is 0 Å². The van der Waals surface area contributed by atoms with Crippen molar-refractivity contribution >= 4 is 17.3 Å². The first-order chi connectivity index (χ1) is 10.2. The van der Waals surface area contributed by atoms with Crippen LogP contribution in [-0.4, -0.2) is 11.6 Å². The summed E-state index contributed by atoms with van der Waals surface area (Å²) in [6.45, 7) is 0. The topological polar surface area (TPSA) is 100 Å². The molecule has 2 rings (SSSR count). The summed E-state index contributed by atoms with van der Waals surface area (Å²) < 4.78 is 5.71. The number of rotatable bonds is 5. The van der Waals surface area contributed by atoms with Crippen molar-refractivity contribution in [3.63, 3.8) is 0 Å². The number of nitrogens with two attached hydrogens (primary N) is 1. The number of benzene rings is 2. The molecule has 104 valence electrons. The van der Waals surface area contributed by atoms with Crippen LogP contribution in [0.3, 0.4) is 0 Å². The first kappa shape index (κ1) is 14.1. The summed E-state index contributed by atoms with van der Waals surface area (Å²) in [4.78, 5) is 10.9. The Balaban J connectivity index is 2.22. The Labute approximate surface area is 121 Å². The highest BCUT2D eigenvalue weighted by molar-refractivity contribution is 6.44. The van der Waals surface area contributed by atoms with E-state index in [1.54, 1.807) is 30.3 Å². The molecule has 0 saturated carbocycles. The summed E-state index contributed by atoms with van der Waals surface area (Å²) in [5, 5.41) is 12.4. The Morgan fingerprint density at radius 3 is 2.48 bits per heavy atom. The van der Waals surface area contributed by atoms with E-state index in [0.717, 1.165) is 0 Å². The molecule has 0 atom stereocenters. The molecular weight excluding hydrogens is 268 g/mol. The van der Waals surface area contributed by atoms with Crippen molar-refractivity contribution in [3.8, 4) is 17.6 Å². The first-order valence-electron chi connectivity index (χ1n) is 6.06. The van der Waals surface area contributed by atoms with Gasteiger partial charge in [-0.1, -0.05) is 30.3 Å². The lowest BCUT2D eigenvalue weighted by Crippen LogP contribution is -2.22. The third-order valence-corrected chi connectivity index (χ3v) is 2.49. The van der Waals surface area contributed by atoms with Crippen LogP contribution in [-0.2, 0) is 4.79 Å².